The van der Waals surface area contributed by atoms with Crippen LogP contribution in [0.4, 0.5) is 0 Å². The molecule has 0 aliphatic rings. The number of halogens is 1. The van der Waals surface area contributed by atoms with Crippen molar-refractivity contribution in [1.82, 2.24) is 20.4 Å². The topological polar surface area (TPSA) is 63.5 Å². The number of guanidine groups is 1. The van der Waals surface area contributed by atoms with Crippen molar-refractivity contribution in [2.24, 2.45) is 12.0 Å². The van der Waals surface area contributed by atoms with Gasteiger partial charge in [-0.15, -0.1) is 24.0 Å². The zero-order chi connectivity index (χ0) is 15.1. The van der Waals surface area contributed by atoms with Crippen molar-refractivity contribution < 1.29 is 4.74 Å². The number of aryl methyl sites for hydroxylation is 2. The third-order valence-electron chi connectivity index (χ3n) is 3.35. The van der Waals surface area contributed by atoms with E-state index < -0.39 is 0 Å². The molecule has 21 heavy (non-hydrogen) atoms. The highest BCUT2D eigenvalue weighted by Gasteiger charge is 2.09. The third-order valence-corrected chi connectivity index (χ3v) is 3.35. The molecule has 1 atom stereocenters. The summed E-state index contributed by atoms with van der Waals surface area (Å²) in [5, 5.41) is 11.0. The molecule has 122 valence electrons. The number of aliphatic imine (C=N–C) groups is 1. The molecule has 0 fully saturated rings. The molecule has 2 N–H and O–H groups in total. The van der Waals surface area contributed by atoms with E-state index >= 15 is 0 Å². The van der Waals surface area contributed by atoms with Crippen molar-refractivity contribution in [2.45, 2.75) is 33.2 Å². The van der Waals surface area contributed by atoms with E-state index in [-0.39, 0.29) is 30.0 Å². The fraction of sp³-hybridized carbons (Fsp3) is 0.714. The highest BCUT2D eigenvalue weighted by Crippen LogP contribution is 2.11. The maximum atomic E-state index is 5.10. The molecule has 0 aliphatic carbocycles. The second-order valence-corrected chi connectivity index (χ2v) is 5.02. The number of ether oxygens (including phenoxy) is 1. The van der Waals surface area contributed by atoms with E-state index in [1.54, 1.807) is 14.2 Å². The number of aromatic nitrogens is 2. The van der Waals surface area contributed by atoms with Crippen LogP contribution in [0.15, 0.2) is 4.99 Å². The molecule has 0 saturated heterocycles. The summed E-state index contributed by atoms with van der Waals surface area (Å²) >= 11 is 0. The van der Waals surface area contributed by atoms with E-state index in [0.717, 1.165) is 24.6 Å². The third kappa shape index (κ3) is 6.21. The van der Waals surface area contributed by atoms with Crippen molar-refractivity contribution in [3.8, 4) is 0 Å². The van der Waals surface area contributed by atoms with Gasteiger partial charge in [0.05, 0.1) is 12.3 Å². The van der Waals surface area contributed by atoms with E-state index in [2.05, 4.69) is 41.5 Å². The van der Waals surface area contributed by atoms with Crippen molar-refractivity contribution in [1.29, 1.82) is 0 Å². The summed E-state index contributed by atoms with van der Waals surface area (Å²) in [4.78, 5) is 4.21. The van der Waals surface area contributed by atoms with Crippen LogP contribution in [0.25, 0.3) is 0 Å². The minimum Gasteiger partial charge on any atom is -0.383 e. The first-order valence-corrected chi connectivity index (χ1v) is 6.94. The van der Waals surface area contributed by atoms with Gasteiger partial charge < -0.3 is 15.4 Å². The zero-order valence-electron chi connectivity index (χ0n) is 13.9. The molecule has 1 heterocycles. The van der Waals surface area contributed by atoms with Crippen LogP contribution in [0.1, 0.15) is 23.9 Å². The molecule has 0 aromatic carbocycles. The Labute approximate surface area is 144 Å². The lowest BCUT2D eigenvalue weighted by molar-refractivity contribution is 0.179. The lowest BCUT2D eigenvalue weighted by Crippen LogP contribution is -2.44. The Morgan fingerprint density at radius 3 is 2.57 bits per heavy atom. The lowest BCUT2D eigenvalue weighted by Gasteiger charge is -2.17. The van der Waals surface area contributed by atoms with Gasteiger partial charge in [-0.3, -0.25) is 9.67 Å². The van der Waals surface area contributed by atoms with Crippen molar-refractivity contribution in [2.75, 3.05) is 27.3 Å². The molecule has 0 spiro atoms. The molecule has 6 nitrogen and oxygen atoms in total. The number of rotatable bonds is 6. The molecule has 1 unspecified atom stereocenters. The fourth-order valence-electron chi connectivity index (χ4n) is 2.20. The first kappa shape index (κ1) is 20.2. The first-order valence-electron chi connectivity index (χ1n) is 6.94. The Morgan fingerprint density at radius 1 is 1.43 bits per heavy atom. The normalized spacial score (nSPS) is 12.8. The number of hydrogen-bond acceptors (Lipinski definition) is 3. The number of nitrogens with one attached hydrogen (secondary N) is 2. The average molecular weight is 409 g/mol. The average Bonchev–Trinajstić information content (AvgIpc) is 2.64. The molecular formula is C14H28IN5O. The molecule has 0 amide bonds. The quantitative estimate of drug-likeness (QED) is 0.424. The van der Waals surface area contributed by atoms with Gasteiger partial charge in [0, 0.05) is 39.5 Å². The summed E-state index contributed by atoms with van der Waals surface area (Å²) in [6.45, 7) is 7.69. The van der Waals surface area contributed by atoms with Crippen LogP contribution in [0.3, 0.4) is 0 Å². The summed E-state index contributed by atoms with van der Waals surface area (Å²) in [5.41, 5.74) is 3.63. The predicted molar refractivity (Wildman–Crippen MR) is 97.6 cm³/mol. The maximum absolute atomic E-state index is 5.10. The smallest absolute Gasteiger partial charge is 0.191 e. The molecule has 1 aromatic heterocycles. The van der Waals surface area contributed by atoms with Crippen LogP contribution >= 0.6 is 24.0 Å². The second-order valence-electron chi connectivity index (χ2n) is 5.02. The van der Waals surface area contributed by atoms with Crippen LogP contribution in [0, 0.1) is 13.8 Å². The monoisotopic (exact) mass is 409 g/mol. The number of hydrogen-bond donors (Lipinski definition) is 2. The van der Waals surface area contributed by atoms with Crippen LogP contribution in [-0.2, 0) is 18.2 Å². The zero-order valence-corrected chi connectivity index (χ0v) is 16.2. The summed E-state index contributed by atoms with van der Waals surface area (Å²) in [7, 11) is 5.45. The molecule has 1 aromatic rings. The molecule has 0 aliphatic heterocycles. The second kappa shape index (κ2) is 9.99. The van der Waals surface area contributed by atoms with Crippen LogP contribution in [-0.4, -0.2) is 49.1 Å². The van der Waals surface area contributed by atoms with Crippen LogP contribution in [0.2, 0.25) is 0 Å². The fourth-order valence-corrected chi connectivity index (χ4v) is 2.20. The van der Waals surface area contributed by atoms with Crippen molar-refractivity contribution in [3.63, 3.8) is 0 Å². The van der Waals surface area contributed by atoms with Gasteiger partial charge in [-0.25, -0.2) is 0 Å². The van der Waals surface area contributed by atoms with Gasteiger partial charge in [0.25, 0.3) is 0 Å². The summed E-state index contributed by atoms with van der Waals surface area (Å²) in [6.07, 6.45) is 0.935. The van der Waals surface area contributed by atoms with Crippen molar-refractivity contribution >= 4 is 29.9 Å². The van der Waals surface area contributed by atoms with Crippen molar-refractivity contribution in [3.05, 3.63) is 17.0 Å². The minimum absolute atomic E-state index is 0. The molecule has 0 saturated carbocycles. The molecule has 1 rings (SSSR count). The van der Waals surface area contributed by atoms with Gasteiger partial charge in [0.1, 0.15) is 0 Å². The van der Waals surface area contributed by atoms with Gasteiger partial charge in [0.15, 0.2) is 5.96 Å². The molecule has 7 heteroatoms. The largest absolute Gasteiger partial charge is 0.383 e. The van der Waals surface area contributed by atoms with Gasteiger partial charge in [0.2, 0.25) is 0 Å². The minimum atomic E-state index is 0. The SMILES string of the molecule is CN=C(NCCc1c(C)nn(C)c1C)NC(C)COC.I. The highest BCUT2D eigenvalue weighted by molar-refractivity contribution is 14.0. The van der Waals surface area contributed by atoms with Crippen LogP contribution < -0.4 is 10.6 Å². The van der Waals surface area contributed by atoms with E-state index in [9.17, 15) is 0 Å². The Morgan fingerprint density at radius 2 is 2.10 bits per heavy atom. The number of nitrogens with zero attached hydrogens (tertiary/aromatic N) is 3. The van der Waals surface area contributed by atoms with Gasteiger partial charge >= 0.3 is 0 Å². The van der Waals surface area contributed by atoms with E-state index in [1.807, 2.05) is 11.7 Å². The molecule has 0 bridgehead atoms. The van der Waals surface area contributed by atoms with E-state index in [4.69, 9.17) is 4.74 Å². The maximum Gasteiger partial charge on any atom is 0.191 e. The Bertz CT molecular complexity index is 458. The number of methoxy groups -OCH3 is 1. The van der Waals surface area contributed by atoms with Gasteiger partial charge in [-0.2, -0.15) is 5.10 Å². The summed E-state index contributed by atoms with van der Waals surface area (Å²) in [5.74, 6) is 0.800. The Balaban J connectivity index is 0.00000400. The molecular weight excluding hydrogens is 381 g/mol. The highest BCUT2D eigenvalue weighted by atomic mass is 127. The first-order chi connectivity index (χ1) is 9.49. The van der Waals surface area contributed by atoms with E-state index in [1.165, 1.54) is 11.3 Å². The summed E-state index contributed by atoms with van der Waals surface area (Å²) < 4.78 is 7.03. The predicted octanol–water partition coefficient (Wildman–Crippen LogP) is 1.40. The van der Waals surface area contributed by atoms with Gasteiger partial charge in [-0.05, 0) is 32.8 Å². The molecule has 0 radical (unpaired) electrons. The Hall–Kier alpha value is -0.830. The standard InChI is InChI=1S/C14H27N5O.HI/c1-10(9-20-6)17-14(15-4)16-8-7-13-11(2)18-19(5)12(13)3;/h10H,7-9H2,1-6H3,(H2,15,16,17);1H. The summed E-state index contributed by atoms with van der Waals surface area (Å²) in [6, 6.07) is 0.230. The van der Waals surface area contributed by atoms with E-state index in [0.29, 0.717) is 6.61 Å². The van der Waals surface area contributed by atoms with Gasteiger partial charge in [-0.1, -0.05) is 0 Å². The Kier molecular flexibility index (Phi) is 9.60. The van der Waals surface area contributed by atoms with Crippen LogP contribution in [0.5, 0.6) is 0 Å². The lowest BCUT2D eigenvalue weighted by atomic mass is 10.1.